The molecule has 1 amide bonds. The van der Waals surface area contributed by atoms with E-state index in [0.717, 1.165) is 18.4 Å². The van der Waals surface area contributed by atoms with Crippen molar-refractivity contribution in [3.05, 3.63) is 23.8 Å². The molecule has 0 heterocycles. The number of anilines is 1. The van der Waals surface area contributed by atoms with Crippen LogP contribution in [0.15, 0.2) is 18.2 Å². The van der Waals surface area contributed by atoms with Gasteiger partial charge in [-0.2, -0.15) is 0 Å². The van der Waals surface area contributed by atoms with Crippen molar-refractivity contribution in [1.82, 2.24) is 0 Å². The van der Waals surface area contributed by atoms with Crippen LogP contribution in [0.2, 0.25) is 0 Å². The third-order valence-corrected chi connectivity index (χ3v) is 3.68. The van der Waals surface area contributed by atoms with Crippen molar-refractivity contribution in [2.24, 2.45) is 0 Å². The molecule has 0 unspecified atom stereocenters. The van der Waals surface area contributed by atoms with E-state index in [1.165, 1.54) is 38.5 Å². The van der Waals surface area contributed by atoms with Gasteiger partial charge >= 0.3 is 0 Å². The van der Waals surface area contributed by atoms with Crippen LogP contribution in [0.5, 0.6) is 5.75 Å². The molecule has 3 nitrogen and oxygen atoms in total. The van der Waals surface area contributed by atoms with Crippen LogP contribution in [-0.4, -0.2) is 11.0 Å². The summed E-state index contributed by atoms with van der Waals surface area (Å²) in [5, 5.41) is 12.5. The number of phenols is 1. The van der Waals surface area contributed by atoms with Crippen LogP contribution in [0.25, 0.3) is 0 Å². The van der Waals surface area contributed by atoms with Crippen LogP contribution >= 0.6 is 0 Å². The summed E-state index contributed by atoms with van der Waals surface area (Å²) in [6, 6.07) is 5.23. The molecule has 0 radical (unpaired) electrons. The molecule has 0 spiro atoms. The van der Waals surface area contributed by atoms with Crippen molar-refractivity contribution in [1.29, 1.82) is 0 Å². The normalized spacial score (nSPS) is 10.6. The van der Waals surface area contributed by atoms with Gasteiger partial charge in [-0.25, -0.2) is 0 Å². The summed E-state index contributed by atoms with van der Waals surface area (Å²) < 4.78 is 0. The summed E-state index contributed by atoms with van der Waals surface area (Å²) in [5.74, 6) is 0.117. The summed E-state index contributed by atoms with van der Waals surface area (Å²) in [6.45, 7) is 4.16. The van der Waals surface area contributed by atoms with Crippen molar-refractivity contribution in [2.45, 2.75) is 71.6 Å². The Kier molecular flexibility index (Phi) is 8.56. The van der Waals surface area contributed by atoms with Gasteiger partial charge in [0, 0.05) is 6.42 Å². The SMILES string of the molecule is CCCCCCCCCCC(=O)Nc1cc(C)ccc1O. The van der Waals surface area contributed by atoms with Gasteiger partial charge in [0.2, 0.25) is 5.91 Å². The van der Waals surface area contributed by atoms with Crippen molar-refractivity contribution >= 4 is 11.6 Å². The second-order valence-electron chi connectivity index (χ2n) is 5.79. The monoisotopic (exact) mass is 291 g/mol. The molecule has 0 saturated heterocycles. The number of amides is 1. The molecule has 1 aromatic carbocycles. The molecule has 118 valence electrons. The van der Waals surface area contributed by atoms with Gasteiger partial charge in [0.1, 0.15) is 5.75 Å². The van der Waals surface area contributed by atoms with Gasteiger partial charge in [0.25, 0.3) is 0 Å². The number of aryl methyl sites for hydroxylation is 1. The van der Waals surface area contributed by atoms with Crippen molar-refractivity contribution < 1.29 is 9.90 Å². The molecule has 0 atom stereocenters. The quantitative estimate of drug-likeness (QED) is 0.461. The van der Waals surface area contributed by atoms with Gasteiger partial charge in [0.15, 0.2) is 0 Å². The largest absolute Gasteiger partial charge is 0.506 e. The third-order valence-electron chi connectivity index (χ3n) is 3.68. The maximum absolute atomic E-state index is 11.8. The van der Waals surface area contributed by atoms with Gasteiger partial charge in [0.05, 0.1) is 5.69 Å². The Balaban J connectivity index is 2.13. The summed E-state index contributed by atoms with van der Waals surface area (Å²) >= 11 is 0. The Morgan fingerprint density at radius 2 is 1.67 bits per heavy atom. The van der Waals surface area contributed by atoms with E-state index in [4.69, 9.17) is 0 Å². The molecule has 2 N–H and O–H groups in total. The zero-order chi connectivity index (χ0) is 15.5. The number of carbonyl (C=O) groups excluding carboxylic acids is 1. The van der Waals surface area contributed by atoms with Gasteiger partial charge in [-0.15, -0.1) is 0 Å². The van der Waals surface area contributed by atoms with Crippen LogP contribution < -0.4 is 5.32 Å². The second kappa shape index (κ2) is 10.3. The minimum atomic E-state index is -0.0121. The average molecular weight is 291 g/mol. The molecule has 3 heteroatoms. The first-order valence-corrected chi connectivity index (χ1v) is 8.23. The van der Waals surface area contributed by atoms with Crippen LogP contribution in [0.3, 0.4) is 0 Å². The highest BCUT2D eigenvalue weighted by molar-refractivity contribution is 5.92. The predicted molar refractivity (Wildman–Crippen MR) is 88.7 cm³/mol. The fraction of sp³-hybridized carbons (Fsp3) is 0.611. The number of rotatable bonds is 10. The number of unbranched alkanes of at least 4 members (excludes halogenated alkanes) is 7. The first-order valence-electron chi connectivity index (χ1n) is 8.23. The van der Waals surface area contributed by atoms with E-state index in [1.54, 1.807) is 12.1 Å². The minimum Gasteiger partial charge on any atom is -0.506 e. The molecule has 0 aliphatic heterocycles. The standard InChI is InChI=1S/C18H29NO2/c1-3-4-5-6-7-8-9-10-11-18(21)19-16-14-15(2)12-13-17(16)20/h12-14,20H,3-11H2,1-2H3,(H,19,21). The highest BCUT2D eigenvalue weighted by Gasteiger charge is 2.06. The number of benzene rings is 1. The summed E-state index contributed by atoms with van der Waals surface area (Å²) in [4.78, 5) is 11.8. The maximum Gasteiger partial charge on any atom is 0.224 e. The van der Waals surface area contributed by atoms with Crippen LogP contribution in [0.4, 0.5) is 5.69 Å². The first-order chi connectivity index (χ1) is 10.1. The summed E-state index contributed by atoms with van der Waals surface area (Å²) in [6.07, 6.45) is 10.3. The number of hydrogen-bond acceptors (Lipinski definition) is 2. The molecule has 21 heavy (non-hydrogen) atoms. The Hall–Kier alpha value is -1.51. The average Bonchev–Trinajstić information content (AvgIpc) is 2.46. The highest BCUT2D eigenvalue weighted by atomic mass is 16.3. The Labute approximate surface area is 128 Å². The molecule has 0 aliphatic rings. The smallest absolute Gasteiger partial charge is 0.224 e. The Morgan fingerprint density at radius 3 is 2.33 bits per heavy atom. The zero-order valence-electron chi connectivity index (χ0n) is 13.5. The van der Waals surface area contributed by atoms with Crippen molar-refractivity contribution in [2.75, 3.05) is 5.32 Å². The van der Waals surface area contributed by atoms with E-state index in [9.17, 15) is 9.90 Å². The lowest BCUT2D eigenvalue weighted by Gasteiger charge is -2.08. The van der Waals surface area contributed by atoms with E-state index in [2.05, 4.69) is 12.2 Å². The molecular weight excluding hydrogens is 262 g/mol. The van der Waals surface area contributed by atoms with Crippen LogP contribution in [0, 0.1) is 6.92 Å². The third kappa shape index (κ3) is 7.74. The topological polar surface area (TPSA) is 49.3 Å². The summed E-state index contributed by atoms with van der Waals surface area (Å²) in [7, 11) is 0. The molecule has 0 aromatic heterocycles. The van der Waals surface area contributed by atoms with E-state index in [1.807, 2.05) is 13.0 Å². The lowest BCUT2D eigenvalue weighted by Crippen LogP contribution is -2.11. The van der Waals surface area contributed by atoms with Crippen LogP contribution in [-0.2, 0) is 4.79 Å². The Morgan fingerprint density at radius 1 is 1.05 bits per heavy atom. The van der Waals surface area contributed by atoms with E-state index < -0.39 is 0 Å². The van der Waals surface area contributed by atoms with Gasteiger partial charge in [-0.05, 0) is 31.0 Å². The Bertz CT molecular complexity index is 429. The van der Waals surface area contributed by atoms with Gasteiger partial charge in [-0.3, -0.25) is 4.79 Å². The summed E-state index contributed by atoms with van der Waals surface area (Å²) in [5.41, 5.74) is 1.54. The van der Waals surface area contributed by atoms with E-state index in [0.29, 0.717) is 12.1 Å². The lowest BCUT2D eigenvalue weighted by atomic mass is 10.1. The number of aromatic hydroxyl groups is 1. The lowest BCUT2D eigenvalue weighted by molar-refractivity contribution is -0.116. The van der Waals surface area contributed by atoms with Crippen LogP contribution in [0.1, 0.15) is 70.3 Å². The number of carbonyl (C=O) groups is 1. The highest BCUT2D eigenvalue weighted by Crippen LogP contribution is 2.24. The molecule has 0 aliphatic carbocycles. The number of hydrogen-bond donors (Lipinski definition) is 2. The molecule has 0 fully saturated rings. The van der Waals surface area contributed by atoms with E-state index in [-0.39, 0.29) is 11.7 Å². The number of phenolic OH excluding ortho intramolecular Hbond substituents is 1. The molecule has 1 aromatic rings. The van der Waals surface area contributed by atoms with Gasteiger partial charge < -0.3 is 10.4 Å². The van der Waals surface area contributed by atoms with E-state index >= 15 is 0 Å². The molecular formula is C18H29NO2. The zero-order valence-corrected chi connectivity index (χ0v) is 13.5. The molecule has 0 bridgehead atoms. The first kappa shape index (κ1) is 17.5. The minimum absolute atomic E-state index is 0.0121. The van der Waals surface area contributed by atoms with Crippen molar-refractivity contribution in [3.63, 3.8) is 0 Å². The van der Waals surface area contributed by atoms with Crippen molar-refractivity contribution in [3.8, 4) is 5.75 Å². The fourth-order valence-corrected chi connectivity index (χ4v) is 2.38. The molecule has 0 saturated carbocycles. The number of nitrogens with one attached hydrogen (secondary N) is 1. The maximum atomic E-state index is 11.8. The van der Waals surface area contributed by atoms with Gasteiger partial charge in [-0.1, -0.05) is 57.9 Å². The molecule has 1 rings (SSSR count). The predicted octanol–water partition coefficient (Wildman–Crippen LogP) is 5.17. The fourth-order valence-electron chi connectivity index (χ4n) is 2.38. The second-order valence-corrected chi connectivity index (χ2v) is 5.79.